The summed E-state index contributed by atoms with van der Waals surface area (Å²) in [6.45, 7) is 0. The second kappa shape index (κ2) is 6.09. The average molecular weight is 391 g/mol. The van der Waals surface area contributed by atoms with E-state index in [0.717, 1.165) is 44.5 Å². The van der Waals surface area contributed by atoms with Crippen molar-refractivity contribution in [3.63, 3.8) is 0 Å². The maximum atomic E-state index is 10.8. The summed E-state index contributed by atoms with van der Waals surface area (Å²) in [5.41, 5.74) is 4.22. The highest BCUT2D eigenvalue weighted by Gasteiger charge is 2.30. The molecule has 2 aliphatic carbocycles. The van der Waals surface area contributed by atoms with E-state index in [0.29, 0.717) is 11.8 Å². The third kappa shape index (κ3) is 2.66. The van der Waals surface area contributed by atoms with Crippen molar-refractivity contribution in [1.82, 2.24) is 19.7 Å². The molecule has 0 bridgehead atoms. The molecule has 2 fully saturated rings. The van der Waals surface area contributed by atoms with Gasteiger partial charge in [0.1, 0.15) is 4.83 Å². The summed E-state index contributed by atoms with van der Waals surface area (Å²) in [7, 11) is 1.92. The number of hydrogen-bond acceptors (Lipinski definition) is 5. The number of aliphatic hydroxyl groups is 1. The van der Waals surface area contributed by atoms with E-state index in [4.69, 9.17) is 4.98 Å². The molecule has 2 aliphatic rings. The molecule has 0 radical (unpaired) electrons. The molecule has 0 spiro atoms. The number of aliphatic hydroxyl groups excluding tert-OH is 1. The molecule has 4 aromatic rings. The first-order chi connectivity index (χ1) is 13.7. The monoisotopic (exact) mass is 390 g/mol. The Morgan fingerprint density at radius 2 is 2.04 bits per heavy atom. The van der Waals surface area contributed by atoms with Crippen LogP contribution in [0.3, 0.4) is 0 Å². The van der Waals surface area contributed by atoms with E-state index >= 15 is 0 Å². The number of aryl methyl sites for hydroxylation is 1. The smallest absolute Gasteiger partial charge is 0.181 e. The molecule has 1 atom stereocenters. The Morgan fingerprint density at radius 3 is 2.79 bits per heavy atom. The Labute approximate surface area is 167 Å². The van der Waals surface area contributed by atoms with E-state index in [9.17, 15) is 5.11 Å². The van der Waals surface area contributed by atoms with Crippen LogP contribution < -0.4 is 0 Å². The van der Waals surface area contributed by atoms with Gasteiger partial charge in [0.25, 0.3) is 0 Å². The van der Waals surface area contributed by atoms with E-state index in [1.165, 1.54) is 30.5 Å². The Kier molecular flexibility index (Phi) is 3.62. The fourth-order valence-electron chi connectivity index (χ4n) is 4.19. The Bertz CT molecular complexity index is 1200. The lowest BCUT2D eigenvalue weighted by molar-refractivity contribution is 0.0650. The van der Waals surface area contributed by atoms with Gasteiger partial charge in [0.15, 0.2) is 5.65 Å². The third-order valence-corrected chi connectivity index (χ3v) is 7.31. The van der Waals surface area contributed by atoms with Crippen molar-refractivity contribution < 1.29 is 5.11 Å². The molecule has 2 saturated carbocycles. The zero-order valence-corrected chi connectivity index (χ0v) is 16.6. The van der Waals surface area contributed by atoms with Crippen LogP contribution in [0.4, 0.5) is 0 Å². The second-order valence-electron chi connectivity index (χ2n) is 8.31. The van der Waals surface area contributed by atoms with Crippen molar-refractivity contribution in [2.75, 3.05) is 0 Å². The highest BCUT2D eigenvalue weighted by Crippen LogP contribution is 2.46. The third-order valence-electron chi connectivity index (χ3n) is 6.21. The van der Waals surface area contributed by atoms with Crippen LogP contribution in [0.5, 0.6) is 0 Å². The average Bonchev–Trinajstić information content (AvgIpc) is 3.28. The van der Waals surface area contributed by atoms with Crippen LogP contribution >= 0.6 is 11.3 Å². The Hall–Kier alpha value is -2.31. The predicted molar refractivity (Wildman–Crippen MR) is 111 cm³/mol. The lowest BCUT2D eigenvalue weighted by Crippen LogP contribution is -2.19. The summed E-state index contributed by atoms with van der Waals surface area (Å²) >= 11 is 1.66. The zero-order chi connectivity index (χ0) is 18.8. The summed E-state index contributed by atoms with van der Waals surface area (Å²) in [5, 5.41) is 17.4. The molecule has 142 valence electrons. The first kappa shape index (κ1) is 16.6. The SMILES string of the molecule is Cn1cc2cc(-c3cc(C4CC4)nc4sc([C@@H](O)C5CCC5)cc34)cnc2n1. The van der Waals surface area contributed by atoms with Gasteiger partial charge in [-0.05, 0) is 55.4 Å². The minimum absolute atomic E-state index is 0.357. The fourth-order valence-corrected chi connectivity index (χ4v) is 5.34. The number of fused-ring (bicyclic) bond motifs is 2. The van der Waals surface area contributed by atoms with Gasteiger partial charge in [-0.25, -0.2) is 9.97 Å². The molecule has 5 nitrogen and oxygen atoms in total. The zero-order valence-electron chi connectivity index (χ0n) is 15.8. The minimum Gasteiger partial charge on any atom is -0.387 e. The van der Waals surface area contributed by atoms with Crippen molar-refractivity contribution in [2.24, 2.45) is 13.0 Å². The number of aromatic nitrogens is 4. The molecule has 0 amide bonds. The molecule has 0 aromatic carbocycles. The van der Waals surface area contributed by atoms with Crippen molar-refractivity contribution in [3.8, 4) is 11.1 Å². The molecular weight excluding hydrogens is 368 g/mol. The lowest BCUT2D eigenvalue weighted by Gasteiger charge is -2.29. The van der Waals surface area contributed by atoms with Crippen LogP contribution in [0.1, 0.15) is 54.7 Å². The Morgan fingerprint density at radius 1 is 1.18 bits per heavy atom. The molecule has 4 heterocycles. The molecular formula is C22H22N4OS. The van der Waals surface area contributed by atoms with E-state index < -0.39 is 0 Å². The summed E-state index contributed by atoms with van der Waals surface area (Å²) < 4.78 is 1.80. The molecule has 0 unspecified atom stereocenters. The maximum Gasteiger partial charge on any atom is 0.181 e. The molecule has 1 N–H and O–H groups in total. The normalized spacial score (nSPS) is 18.6. The molecule has 6 heteroatoms. The summed E-state index contributed by atoms with van der Waals surface area (Å²) in [6.07, 6.45) is 9.51. The number of rotatable bonds is 4. The van der Waals surface area contributed by atoms with E-state index in [1.807, 2.05) is 19.4 Å². The van der Waals surface area contributed by atoms with Crippen molar-refractivity contribution >= 4 is 32.6 Å². The van der Waals surface area contributed by atoms with Gasteiger partial charge in [0, 0.05) is 52.3 Å². The quantitative estimate of drug-likeness (QED) is 0.535. The first-order valence-electron chi connectivity index (χ1n) is 10.1. The largest absolute Gasteiger partial charge is 0.387 e. The van der Waals surface area contributed by atoms with Gasteiger partial charge in [-0.2, -0.15) is 5.10 Å². The molecule has 6 rings (SSSR count). The molecule has 4 aromatic heterocycles. The summed E-state index contributed by atoms with van der Waals surface area (Å²) in [6, 6.07) is 6.57. The van der Waals surface area contributed by atoms with Gasteiger partial charge in [-0.1, -0.05) is 6.42 Å². The van der Waals surface area contributed by atoms with Gasteiger partial charge in [-0.3, -0.25) is 4.68 Å². The maximum absolute atomic E-state index is 10.8. The van der Waals surface area contributed by atoms with Crippen LogP contribution in [-0.2, 0) is 7.05 Å². The van der Waals surface area contributed by atoms with Crippen LogP contribution in [-0.4, -0.2) is 24.9 Å². The highest BCUT2D eigenvalue weighted by molar-refractivity contribution is 7.18. The standard InChI is InChI=1S/C22H22N4OS/c1-26-11-15-7-14(10-23-21(15)25-26)16-8-18(12-5-6-12)24-22-17(16)9-19(28-22)20(27)13-3-2-4-13/h7-13,20,27H,2-6H2,1H3/t20-/m0/s1. The number of nitrogens with zero attached hydrogens (tertiary/aromatic N) is 4. The van der Waals surface area contributed by atoms with E-state index in [2.05, 4.69) is 28.3 Å². The fraction of sp³-hybridized carbons (Fsp3) is 0.409. The van der Waals surface area contributed by atoms with Crippen LogP contribution in [0.25, 0.3) is 32.4 Å². The van der Waals surface area contributed by atoms with Gasteiger partial charge in [-0.15, -0.1) is 11.3 Å². The lowest BCUT2D eigenvalue weighted by atomic mass is 9.80. The van der Waals surface area contributed by atoms with Gasteiger partial charge >= 0.3 is 0 Å². The summed E-state index contributed by atoms with van der Waals surface area (Å²) in [5.74, 6) is 0.994. The minimum atomic E-state index is -0.357. The van der Waals surface area contributed by atoms with E-state index in [1.54, 1.807) is 16.0 Å². The molecule has 0 aliphatic heterocycles. The van der Waals surface area contributed by atoms with Crippen molar-refractivity contribution in [2.45, 2.75) is 44.1 Å². The van der Waals surface area contributed by atoms with Gasteiger partial charge in [0.05, 0.1) is 6.10 Å². The number of thiophene rings is 1. The number of hydrogen-bond donors (Lipinski definition) is 1. The molecule has 0 saturated heterocycles. The van der Waals surface area contributed by atoms with Crippen molar-refractivity contribution in [3.05, 3.63) is 41.2 Å². The van der Waals surface area contributed by atoms with Crippen LogP contribution in [0.2, 0.25) is 0 Å². The van der Waals surface area contributed by atoms with Gasteiger partial charge in [0.2, 0.25) is 0 Å². The topological polar surface area (TPSA) is 63.8 Å². The Balaban J connectivity index is 1.53. The first-order valence-corrected chi connectivity index (χ1v) is 10.9. The predicted octanol–water partition coefficient (Wildman–Crippen LogP) is 4.96. The van der Waals surface area contributed by atoms with E-state index in [-0.39, 0.29) is 6.10 Å². The second-order valence-corrected chi connectivity index (χ2v) is 9.37. The van der Waals surface area contributed by atoms with Crippen LogP contribution in [0, 0.1) is 5.92 Å². The van der Waals surface area contributed by atoms with Crippen molar-refractivity contribution in [1.29, 1.82) is 0 Å². The van der Waals surface area contributed by atoms with Gasteiger partial charge < -0.3 is 5.11 Å². The summed E-state index contributed by atoms with van der Waals surface area (Å²) in [4.78, 5) is 11.6. The number of pyridine rings is 2. The molecule has 28 heavy (non-hydrogen) atoms. The van der Waals surface area contributed by atoms with Crippen LogP contribution in [0.15, 0.2) is 30.6 Å². The highest BCUT2D eigenvalue weighted by atomic mass is 32.1.